The van der Waals surface area contributed by atoms with E-state index in [0.717, 1.165) is 5.56 Å². The molecule has 0 spiro atoms. The zero-order chi connectivity index (χ0) is 13.7. The fraction of sp³-hybridized carbons (Fsp3) is 0.308. The van der Waals surface area contributed by atoms with Crippen LogP contribution in [0.15, 0.2) is 42.6 Å². The lowest BCUT2D eigenvalue weighted by Crippen LogP contribution is -2.33. The van der Waals surface area contributed by atoms with Gasteiger partial charge in [0.05, 0.1) is 20.4 Å². The van der Waals surface area contributed by atoms with Crippen molar-refractivity contribution in [1.82, 2.24) is 4.90 Å². The SMILES string of the molecule is [2H]C(Cl)C(=C)N(C(=O)OC)[C@@H](C)c1ccccc1. The highest BCUT2D eigenvalue weighted by atomic mass is 35.5. The van der Waals surface area contributed by atoms with E-state index in [1.54, 1.807) is 0 Å². The molecule has 2 atom stereocenters. The third-order valence-electron chi connectivity index (χ3n) is 2.48. The van der Waals surface area contributed by atoms with Gasteiger partial charge in [-0.1, -0.05) is 36.9 Å². The lowest BCUT2D eigenvalue weighted by Gasteiger charge is -2.28. The van der Waals surface area contributed by atoms with Gasteiger partial charge in [-0.2, -0.15) is 0 Å². The number of carbonyl (C=O) groups is 1. The number of hydrogen-bond acceptors (Lipinski definition) is 2. The Labute approximate surface area is 108 Å². The number of allylic oxidation sites excluding steroid dienone is 1. The molecule has 1 aromatic rings. The lowest BCUT2D eigenvalue weighted by atomic mass is 10.1. The van der Waals surface area contributed by atoms with Gasteiger partial charge in [0.15, 0.2) is 0 Å². The van der Waals surface area contributed by atoms with E-state index in [2.05, 4.69) is 6.58 Å². The van der Waals surface area contributed by atoms with E-state index >= 15 is 0 Å². The van der Waals surface area contributed by atoms with Crippen LogP contribution in [0.2, 0.25) is 0 Å². The Bertz CT molecular complexity index is 422. The van der Waals surface area contributed by atoms with Crippen LogP contribution in [-0.2, 0) is 4.74 Å². The molecule has 0 bridgehead atoms. The average molecular weight is 255 g/mol. The van der Waals surface area contributed by atoms with Crippen LogP contribution in [0, 0.1) is 0 Å². The number of carbonyl (C=O) groups excluding carboxylic acids is 1. The van der Waals surface area contributed by atoms with Gasteiger partial charge >= 0.3 is 6.09 Å². The van der Waals surface area contributed by atoms with Gasteiger partial charge < -0.3 is 4.74 Å². The second-order valence-corrected chi connectivity index (χ2v) is 3.75. The summed E-state index contributed by atoms with van der Waals surface area (Å²) in [6.45, 7) is 5.51. The Morgan fingerprint density at radius 3 is 2.65 bits per heavy atom. The Morgan fingerprint density at radius 1 is 1.59 bits per heavy atom. The van der Waals surface area contributed by atoms with Gasteiger partial charge in [0.1, 0.15) is 0 Å². The van der Waals surface area contributed by atoms with Gasteiger partial charge in [0.25, 0.3) is 0 Å². The van der Waals surface area contributed by atoms with Crippen molar-refractivity contribution in [2.45, 2.75) is 13.0 Å². The maximum Gasteiger partial charge on any atom is 0.414 e. The molecule has 1 rings (SSSR count). The summed E-state index contributed by atoms with van der Waals surface area (Å²) in [5, 5.41) is 0. The van der Waals surface area contributed by atoms with Gasteiger partial charge in [-0.15, -0.1) is 11.6 Å². The van der Waals surface area contributed by atoms with Crippen molar-refractivity contribution < 1.29 is 10.9 Å². The largest absolute Gasteiger partial charge is 0.452 e. The standard InChI is InChI=1S/C13H16ClNO2/c1-10(9-14)15(13(16)17-3)11(2)12-7-5-4-6-8-12/h4-8,11H,1,9H2,2-3H3/t11-/m0/s1/i9D/t9?,11-. The first-order chi connectivity index (χ1) is 8.49. The first-order valence-electron chi connectivity index (χ1n) is 5.74. The van der Waals surface area contributed by atoms with Crippen molar-refractivity contribution in [3.63, 3.8) is 0 Å². The van der Waals surface area contributed by atoms with Crippen LogP contribution in [0.5, 0.6) is 0 Å². The molecule has 0 saturated heterocycles. The average Bonchev–Trinajstić information content (AvgIpc) is 2.39. The summed E-state index contributed by atoms with van der Waals surface area (Å²) in [6, 6.07) is 9.13. The summed E-state index contributed by atoms with van der Waals surface area (Å²) < 4.78 is 12.2. The monoisotopic (exact) mass is 254 g/mol. The summed E-state index contributed by atoms with van der Waals surface area (Å²) in [5.74, 6) is -1.09. The highest BCUT2D eigenvalue weighted by molar-refractivity contribution is 6.19. The second kappa shape index (κ2) is 6.30. The normalized spacial score (nSPS) is 14.4. The Hall–Kier alpha value is -1.48. The molecule has 0 radical (unpaired) electrons. The molecule has 0 aliphatic rings. The van der Waals surface area contributed by atoms with Crippen molar-refractivity contribution >= 4 is 17.7 Å². The molecule has 0 fully saturated rings. The molecule has 17 heavy (non-hydrogen) atoms. The molecule has 92 valence electrons. The van der Waals surface area contributed by atoms with Crippen LogP contribution in [0.25, 0.3) is 0 Å². The number of amides is 1. The minimum absolute atomic E-state index is 0.194. The van der Waals surface area contributed by atoms with E-state index in [0.29, 0.717) is 0 Å². The molecule has 1 unspecified atom stereocenters. The minimum Gasteiger partial charge on any atom is -0.452 e. The number of benzene rings is 1. The van der Waals surface area contributed by atoms with Crippen LogP contribution in [0.4, 0.5) is 4.79 Å². The van der Waals surface area contributed by atoms with Crippen molar-refractivity contribution in [2.24, 2.45) is 0 Å². The Morgan fingerprint density at radius 2 is 2.18 bits per heavy atom. The summed E-state index contributed by atoms with van der Waals surface area (Å²) in [7, 11) is 1.29. The summed E-state index contributed by atoms with van der Waals surface area (Å²) in [6.07, 6.45) is -0.575. The maximum absolute atomic E-state index is 11.8. The molecule has 1 aromatic carbocycles. The van der Waals surface area contributed by atoms with Crippen LogP contribution >= 0.6 is 11.6 Å². The maximum atomic E-state index is 11.8. The highest BCUT2D eigenvalue weighted by Gasteiger charge is 2.24. The fourth-order valence-corrected chi connectivity index (χ4v) is 1.66. The summed E-state index contributed by atoms with van der Waals surface area (Å²) >= 11 is 5.67. The number of methoxy groups -OCH3 is 1. The van der Waals surface area contributed by atoms with Crippen LogP contribution in [0.1, 0.15) is 19.9 Å². The predicted molar refractivity (Wildman–Crippen MR) is 69.0 cm³/mol. The Balaban J connectivity index is 3.04. The molecular formula is C13H16ClNO2. The first-order valence-corrected chi connectivity index (χ1v) is 5.60. The lowest BCUT2D eigenvalue weighted by molar-refractivity contribution is 0.124. The van der Waals surface area contributed by atoms with E-state index in [1.165, 1.54) is 12.0 Å². The zero-order valence-electron chi connectivity index (χ0n) is 10.9. The van der Waals surface area contributed by atoms with Crippen LogP contribution < -0.4 is 0 Å². The van der Waals surface area contributed by atoms with Gasteiger partial charge in [-0.05, 0) is 12.5 Å². The smallest absolute Gasteiger partial charge is 0.414 e. The van der Waals surface area contributed by atoms with E-state index in [4.69, 9.17) is 17.7 Å². The molecule has 0 saturated carbocycles. The molecule has 0 N–H and O–H groups in total. The second-order valence-electron chi connectivity index (χ2n) is 3.53. The third kappa shape index (κ3) is 3.24. The van der Waals surface area contributed by atoms with Crippen LogP contribution in [0.3, 0.4) is 0 Å². The minimum atomic E-state index is -1.09. The summed E-state index contributed by atoms with van der Waals surface area (Å²) in [4.78, 5) is 13.1. The van der Waals surface area contributed by atoms with E-state index in [1.807, 2.05) is 37.3 Å². The molecule has 4 heteroatoms. The molecular weight excluding hydrogens is 238 g/mol. The van der Waals surface area contributed by atoms with Crippen LogP contribution in [-0.4, -0.2) is 24.0 Å². The number of rotatable bonds is 4. The van der Waals surface area contributed by atoms with Crippen molar-refractivity contribution in [2.75, 3.05) is 13.0 Å². The third-order valence-corrected chi connectivity index (χ3v) is 2.73. The zero-order valence-corrected chi connectivity index (χ0v) is 10.6. The first kappa shape index (κ1) is 12.0. The van der Waals surface area contributed by atoms with Gasteiger partial charge in [0, 0.05) is 5.70 Å². The molecule has 1 amide bonds. The number of nitrogens with zero attached hydrogens (tertiary/aromatic N) is 1. The van der Waals surface area contributed by atoms with E-state index < -0.39 is 11.9 Å². The molecule has 0 aliphatic carbocycles. The van der Waals surface area contributed by atoms with Gasteiger partial charge in [-0.25, -0.2) is 4.79 Å². The van der Waals surface area contributed by atoms with Gasteiger partial charge in [0.2, 0.25) is 0 Å². The highest BCUT2D eigenvalue weighted by Crippen LogP contribution is 2.24. The molecule has 3 nitrogen and oxygen atoms in total. The number of hydrogen-bond donors (Lipinski definition) is 0. The quantitative estimate of drug-likeness (QED) is 0.769. The number of halogens is 1. The molecule has 0 aromatic heterocycles. The molecule has 0 aliphatic heterocycles. The van der Waals surface area contributed by atoms with E-state index in [9.17, 15) is 4.79 Å². The van der Waals surface area contributed by atoms with Crippen molar-refractivity contribution in [3.05, 3.63) is 48.2 Å². The number of alkyl halides is 1. The van der Waals surface area contributed by atoms with Gasteiger partial charge in [-0.3, -0.25) is 4.90 Å². The van der Waals surface area contributed by atoms with E-state index in [-0.39, 0.29) is 11.7 Å². The molecule has 0 heterocycles. The summed E-state index contributed by atoms with van der Waals surface area (Å²) in [5.41, 5.74) is 1.11. The van der Waals surface area contributed by atoms with Crippen molar-refractivity contribution in [1.29, 1.82) is 0 Å². The number of ether oxygens (including phenoxy) is 1. The topological polar surface area (TPSA) is 29.5 Å². The fourth-order valence-electron chi connectivity index (χ4n) is 1.56. The Kier molecular flexibility index (Phi) is 4.45. The van der Waals surface area contributed by atoms with Crippen molar-refractivity contribution in [3.8, 4) is 0 Å². The predicted octanol–water partition coefficient (Wildman–Crippen LogP) is 3.57.